The van der Waals surface area contributed by atoms with Crippen molar-refractivity contribution in [3.63, 3.8) is 0 Å². The lowest BCUT2D eigenvalue weighted by molar-refractivity contribution is 0.0589. The van der Waals surface area contributed by atoms with Crippen molar-refractivity contribution in [2.24, 2.45) is 0 Å². The van der Waals surface area contributed by atoms with Crippen LogP contribution in [-0.4, -0.2) is 23.7 Å². The fourth-order valence-corrected chi connectivity index (χ4v) is 0.960. The van der Waals surface area contributed by atoms with Crippen LogP contribution in [0.2, 0.25) is 0 Å². The lowest BCUT2D eigenvalue weighted by Gasteiger charge is -2.23. The van der Waals surface area contributed by atoms with Crippen molar-refractivity contribution in [3.8, 4) is 0 Å². The van der Waals surface area contributed by atoms with Crippen LogP contribution in [-0.2, 0) is 4.74 Å². The third-order valence-corrected chi connectivity index (χ3v) is 1.64. The molecule has 0 aromatic carbocycles. The lowest BCUT2D eigenvalue weighted by Crippen LogP contribution is -2.33. The van der Waals surface area contributed by atoms with Crippen molar-refractivity contribution in [1.82, 2.24) is 4.98 Å². The maximum Gasteiger partial charge on any atom is 0.414 e. The standard InChI is InChI=1S/C10H16N2O2.ClH/c1-10(2,3)14-9(13)12(4)8-5-6-11-7-8;/h5-7,11H,1-4H3;1H. The molecule has 0 saturated heterocycles. The number of hydrogen-bond acceptors (Lipinski definition) is 2. The molecule has 86 valence electrons. The number of carbonyl (C=O) groups excluding carboxylic acids is 1. The van der Waals surface area contributed by atoms with Crippen LogP contribution < -0.4 is 4.90 Å². The van der Waals surface area contributed by atoms with Gasteiger partial charge in [-0.05, 0) is 26.8 Å². The van der Waals surface area contributed by atoms with Crippen LogP contribution in [0.3, 0.4) is 0 Å². The maximum atomic E-state index is 11.5. The number of aromatic nitrogens is 1. The van der Waals surface area contributed by atoms with Gasteiger partial charge in [-0.3, -0.25) is 4.90 Å². The minimum absolute atomic E-state index is 0. The van der Waals surface area contributed by atoms with Crippen LogP contribution in [0.25, 0.3) is 0 Å². The molecular weight excluding hydrogens is 216 g/mol. The Bertz CT molecular complexity index is 304. The van der Waals surface area contributed by atoms with Crippen LogP contribution in [0.5, 0.6) is 0 Å². The van der Waals surface area contributed by atoms with Crippen molar-refractivity contribution >= 4 is 24.2 Å². The van der Waals surface area contributed by atoms with E-state index in [1.54, 1.807) is 19.4 Å². The lowest BCUT2D eigenvalue weighted by atomic mass is 10.2. The fourth-order valence-electron chi connectivity index (χ4n) is 0.960. The molecule has 5 heteroatoms. The maximum absolute atomic E-state index is 11.5. The molecule has 4 nitrogen and oxygen atoms in total. The molecule has 15 heavy (non-hydrogen) atoms. The van der Waals surface area contributed by atoms with E-state index in [2.05, 4.69) is 4.98 Å². The molecular formula is C10H17ClN2O2. The van der Waals surface area contributed by atoms with Gasteiger partial charge in [-0.2, -0.15) is 0 Å². The zero-order valence-corrected chi connectivity index (χ0v) is 10.2. The number of nitrogens with zero attached hydrogens (tertiary/aromatic N) is 1. The quantitative estimate of drug-likeness (QED) is 0.809. The highest BCUT2D eigenvalue weighted by molar-refractivity contribution is 5.87. The van der Waals surface area contributed by atoms with Crippen molar-refractivity contribution in [2.75, 3.05) is 11.9 Å². The van der Waals surface area contributed by atoms with Gasteiger partial charge in [-0.25, -0.2) is 4.79 Å². The Morgan fingerprint density at radius 3 is 2.47 bits per heavy atom. The molecule has 0 fully saturated rings. The zero-order chi connectivity index (χ0) is 10.8. The second-order valence-electron chi connectivity index (χ2n) is 4.11. The molecule has 0 spiro atoms. The summed E-state index contributed by atoms with van der Waals surface area (Å²) in [5.41, 5.74) is 0.334. The minimum atomic E-state index is -0.457. The van der Waals surface area contributed by atoms with Gasteiger partial charge in [0.2, 0.25) is 0 Å². The van der Waals surface area contributed by atoms with E-state index in [1.807, 2.05) is 26.8 Å². The van der Waals surface area contributed by atoms with Gasteiger partial charge < -0.3 is 9.72 Å². The van der Waals surface area contributed by atoms with Crippen LogP contribution in [0.15, 0.2) is 18.5 Å². The summed E-state index contributed by atoms with van der Waals surface area (Å²) < 4.78 is 5.20. The second kappa shape index (κ2) is 5.07. The number of rotatable bonds is 1. The number of ether oxygens (including phenoxy) is 1. The predicted molar refractivity (Wildman–Crippen MR) is 62.7 cm³/mol. The van der Waals surface area contributed by atoms with Gasteiger partial charge in [-0.15, -0.1) is 12.4 Å². The number of amides is 1. The third-order valence-electron chi connectivity index (χ3n) is 1.64. The van der Waals surface area contributed by atoms with Gasteiger partial charge in [0.1, 0.15) is 5.60 Å². The smallest absolute Gasteiger partial charge is 0.414 e. The second-order valence-corrected chi connectivity index (χ2v) is 4.11. The van der Waals surface area contributed by atoms with E-state index in [0.717, 1.165) is 5.69 Å². The van der Waals surface area contributed by atoms with Crippen molar-refractivity contribution in [2.45, 2.75) is 26.4 Å². The van der Waals surface area contributed by atoms with E-state index in [1.165, 1.54) is 4.90 Å². The molecule has 0 aliphatic rings. The number of hydrogen-bond donors (Lipinski definition) is 1. The summed E-state index contributed by atoms with van der Waals surface area (Å²) in [5.74, 6) is 0. The summed E-state index contributed by atoms with van der Waals surface area (Å²) in [6, 6.07) is 1.81. The SMILES string of the molecule is CN(C(=O)OC(C)(C)C)c1cc[nH]c1.Cl. The van der Waals surface area contributed by atoms with Crippen molar-refractivity contribution in [1.29, 1.82) is 0 Å². The summed E-state index contributed by atoms with van der Waals surface area (Å²) >= 11 is 0. The number of nitrogens with one attached hydrogen (secondary N) is 1. The van der Waals surface area contributed by atoms with Crippen molar-refractivity contribution in [3.05, 3.63) is 18.5 Å². The summed E-state index contributed by atoms with van der Waals surface area (Å²) in [5, 5.41) is 0. The molecule has 1 amide bonds. The van der Waals surface area contributed by atoms with Crippen LogP contribution >= 0.6 is 12.4 Å². The van der Waals surface area contributed by atoms with Gasteiger partial charge in [0.15, 0.2) is 0 Å². The van der Waals surface area contributed by atoms with Crippen LogP contribution in [0, 0.1) is 0 Å². The first kappa shape index (κ1) is 13.8. The Morgan fingerprint density at radius 1 is 1.47 bits per heavy atom. The number of H-pyrrole nitrogens is 1. The molecule has 1 aromatic heterocycles. The van der Waals surface area contributed by atoms with Crippen LogP contribution in [0.1, 0.15) is 20.8 Å². The normalized spacial score (nSPS) is 10.4. The van der Waals surface area contributed by atoms with Gasteiger partial charge in [0.05, 0.1) is 5.69 Å². The summed E-state index contributed by atoms with van der Waals surface area (Å²) in [4.78, 5) is 15.9. The highest BCUT2D eigenvalue weighted by Gasteiger charge is 2.20. The highest BCUT2D eigenvalue weighted by Crippen LogP contribution is 2.15. The van der Waals surface area contributed by atoms with Gasteiger partial charge in [0.25, 0.3) is 0 Å². The topological polar surface area (TPSA) is 45.3 Å². The van der Waals surface area contributed by atoms with Gasteiger partial charge in [0, 0.05) is 19.4 Å². The largest absolute Gasteiger partial charge is 0.443 e. The van der Waals surface area contributed by atoms with E-state index < -0.39 is 5.60 Å². The van der Waals surface area contributed by atoms with E-state index in [4.69, 9.17) is 4.74 Å². The molecule has 1 heterocycles. The Kier molecular flexibility index (Phi) is 4.68. The molecule has 1 aromatic rings. The number of anilines is 1. The first-order valence-corrected chi connectivity index (χ1v) is 4.49. The molecule has 0 aliphatic carbocycles. The number of aromatic amines is 1. The summed E-state index contributed by atoms with van der Waals surface area (Å²) in [6.45, 7) is 5.53. The average Bonchev–Trinajstić information content (AvgIpc) is 2.51. The molecule has 0 unspecified atom stereocenters. The van der Waals surface area contributed by atoms with Crippen LogP contribution in [0.4, 0.5) is 10.5 Å². The predicted octanol–water partition coefficient (Wildman–Crippen LogP) is 2.81. The Labute approximate surface area is 96.0 Å². The summed E-state index contributed by atoms with van der Waals surface area (Å²) in [6.07, 6.45) is 3.15. The molecule has 1 rings (SSSR count). The molecule has 1 N–H and O–H groups in total. The minimum Gasteiger partial charge on any atom is -0.443 e. The van der Waals surface area contributed by atoms with E-state index >= 15 is 0 Å². The molecule has 0 bridgehead atoms. The Morgan fingerprint density at radius 2 is 2.07 bits per heavy atom. The summed E-state index contributed by atoms with van der Waals surface area (Å²) in [7, 11) is 1.68. The number of carbonyl (C=O) groups is 1. The van der Waals surface area contributed by atoms with Gasteiger partial charge in [-0.1, -0.05) is 0 Å². The molecule has 0 saturated carbocycles. The van der Waals surface area contributed by atoms with Crippen molar-refractivity contribution < 1.29 is 9.53 Å². The average molecular weight is 233 g/mol. The molecule has 0 atom stereocenters. The fraction of sp³-hybridized carbons (Fsp3) is 0.500. The zero-order valence-electron chi connectivity index (χ0n) is 9.40. The first-order chi connectivity index (χ1) is 6.40. The number of halogens is 1. The highest BCUT2D eigenvalue weighted by atomic mass is 35.5. The van der Waals surface area contributed by atoms with E-state index in [0.29, 0.717) is 0 Å². The van der Waals surface area contributed by atoms with E-state index in [9.17, 15) is 4.79 Å². The Balaban J connectivity index is 0.00000196. The monoisotopic (exact) mass is 232 g/mol. The van der Waals surface area contributed by atoms with Gasteiger partial charge >= 0.3 is 6.09 Å². The molecule has 0 aliphatic heterocycles. The third kappa shape index (κ3) is 4.25. The first-order valence-electron chi connectivity index (χ1n) is 4.49. The molecule has 0 radical (unpaired) electrons. The van der Waals surface area contributed by atoms with E-state index in [-0.39, 0.29) is 18.5 Å². The Hall–Kier alpha value is -1.16.